The van der Waals surface area contributed by atoms with E-state index >= 15 is 0 Å². The predicted octanol–water partition coefficient (Wildman–Crippen LogP) is 5.86. The van der Waals surface area contributed by atoms with Crippen molar-refractivity contribution in [2.75, 3.05) is 5.43 Å². The number of hydrogen-bond acceptors (Lipinski definition) is 5. The Morgan fingerprint density at radius 3 is 2.38 bits per heavy atom. The Balaban J connectivity index is 1.75. The Hall–Kier alpha value is -3.07. The highest BCUT2D eigenvalue weighted by Crippen LogP contribution is 2.26. The highest BCUT2D eigenvalue weighted by atomic mass is 32.1. The molecular weight excluding hydrogens is 406 g/mol. The number of aromatic nitrogens is 1. The minimum atomic E-state index is -4.77. The standard InChI is InChI=1S/C20H15F4N3OS/c1-12-2-4-14(5-3-12)17(28)10-18(20(22,23)24)26-27-19-25-16(11-29-19)13-6-8-15(21)9-7-13/h2-9,11H,10H2,1H3,(H,25,27)/b26-18-. The number of hydrazone groups is 1. The smallest absolute Gasteiger partial charge is 0.294 e. The van der Waals surface area contributed by atoms with Gasteiger partial charge in [0.1, 0.15) is 11.5 Å². The van der Waals surface area contributed by atoms with Crippen LogP contribution in [0.1, 0.15) is 22.3 Å². The van der Waals surface area contributed by atoms with E-state index in [2.05, 4.69) is 15.5 Å². The fraction of sp³-hybridized carbons (Fsp3) is 0.150. The summed E-state index contributed by atoms with van der Waals surface area (Å²) in [5, 5.41) is 5.10. The summed E-state index contributed by atoms with van der Waals surface area (Å²) in [5.74, 6) is -1.09. The van der Waals surface area contributed by atoms with Crippen LogP contribution in [0.4, 0.5) is 22.7 Å². The van der Waals surface area contributed by atoms with Gasteiger partial charge in [-0.25, -0.2) is 9.37 Å². The zero-order chi connectivity index (χ0) is 21.0. The lowest BCUT2D eigenvalue weighted by Gasteiger charge is -2.10. The molecule has 4 nitrogen and oxygen atoms in total. The van der Waals surface area contributed by atoms with E-state index in [1.165, 1.54) is 36.4 Å². The third-order valence-corrected chi connectivity index (χ3v) is 4.71. The lowest BCUT2D eigenvalue weighted by Crippen LogP contribution is -2.27. The van der Waals surface area contributed by atoms with Crippen molar-refractivity contribution < 1.29 is 22.4 Å². The Bertz CT molecular complexity index is 1030. The molecule has 0 radical (unpaired) electrons. The molecule has 0 aliphatic rings. The summed E-state index contributed by atoms with van der Waals surface area (Å²) in [6.45, 7) is 1.81. The molecule has 1 aromatic heterocycles. The van der Waals surface area contributed by atoms with Crippen LogP contribution in [-0.2, 0) is 0 Å². The van der Waals surface area contributed by atoms with Gasteiger partial charge in [0.05, 0.1) is 12.1 Å². The van der Waals surface area contributed by atoms with E-state index < -0.39 is 29.9 Å². The molecule has 0 amide bonds. The van der Waals surface area contributed by atoms with Gasteiger partial charge in [-0.15, -0.1) is 11.3 Å². The number of aryl methyl sites for hydroxylation is 1. The molecule has 0 fully saturated rings. The first-order valence-corrected chi connectivity index (χ1v) is 9.31. The van der Waals surface area contributed by atoms with Crippen molar-refractivity contribution >= 4 is 28.0 Å². The lowest BCUT2D eigenvalue weighted by molar-refractivity contribution is -0.0602. The summed E-state index contributed by atoms with van der Waals surface area (Å²) in [5.41, 5.74) is 3.18. The highest BCUT2D eigenvalue weighted by Gasteiger charge is 2.37. The lowest BCUT2D eigenvalue weighted by atomic mass is 10.0. The topological polar surface area (TPSA) is 54.4 Å². The molecule has 0 aliphatic carbocycles. The molecule has 3 rings (SSSR count). The van der Waals surface area contributed by atoms with Gasteiger partial charge < -0.3 is 0 Å². The Labute approximate surface area is 167 Å². The van der Waals surface area contributed by atoms with Gasteiger partial charge in [-0.1, -0.05) is 29.8 Å². The number of nitrogens with zero attached hydrogens (tertiary/aromatic N) is 2. The van der Waals surface area contributed by atoms with Gasteiger partial charge in [0.15, 0.2) is 5.78 Å². The van der Waals surface area contributed by atoms with E-state index in [-0.39, 0.29) is 10.7 Å². The SMILES string of the molecule is Cc1ccc(C(=O)C/C(=N/Nc2nc(-c3ccc(F)cc3)cs2)C(F)(F)F)cc1. The van der Waals surface area contributed by atoms with E-state index in [0.29, 0.717) is 11.3 Å². The monoisotopic (exact) mass is 421 g/mol. The van der Waals surface area contributed by atoms with Crippen LogP contribution in [0.5, 0.6) is 0 Å². The van der Waals surface area contributed by atoms with Gasteiger partial charge in [-0.3, -0.25) is 10.2 Å². The van der Waals surface area contributed by atoms with Gasteiger partial charge in [-0.2, -0.15) is 18.3 Å². The first-order valence-electron chi connectivity index (χ1n) is 8.43. The summed E-state index contributed by atoms with van der Waals surface area (Å²) < 4.78 is 52.9. The highest BCUT2D eigenvalue weighted by molar-refractivity contribution is 7.14. The van der Waals surface area contributed by atoms with Crippen molar-refractivity contribution in [1.29, 1.82) is 0 Å². The van der Waals surface area contributed by atoms with E-state index in [1.54, 1.807) is 17.5 Å². The van der Waals surface area contributed by atoms with E-state index in [9.17, 15) is 22.4 Å². The van der Waals surface area contributed by atoms with Crippen molar-refractivity contribution in [2.24, 2.45) is 5.10 Å². The largest absolute Gasteiger partial charge is 0.431 e. The molecule has 150 valence electrons. The van der Waals surface area contributed by atoms with Gasteiger partial charge in [-0.05, 0) is 31.2 Å². The third-order valence-electron chi connectivity index (χ3n) is 3.96. The molecule has 0 saturated heterocycles. The molecule has 29 heavy (non-hydrogen) atoms. The van der Waals surface area contributed by atoms with E-state index in [4.69, 9.17) is 0 Å². The average Bonchev–Trinajstić information content (AvgIpc) is 3.14. The minimum Gasteiger partial charge on any atom is -0.294 e. The van der Waals surface area contributed by atoms with Crippen molar-refractivity contribution in [3.63, 3.8) is 0 Å². The average molecular weight is 421 g/mol. The van der Waals surface area contributed by atoms with Crippen LogP contribution in [0.3, 0.4) is 0 Å². The van der Waals surface area contributed by atoms with Crippen molar-refractivity contribution in [1.82, 2.24) is 4.98 Å². The molecule has 2 aromatic carbocycles. The molecule has 9 heteroatoms. The number of Topliss-reactive ketones (excluding diaryl/α,β-unsaturated/α-hetero) is 1. The maximum absolute atomic E-state index is 13.3. The predicted molar refractivity (Wildman–Crippen MR) is 105 cm³/mol. The number of rotatable bonds is 6. The number of ketones is 1. The zero-order valence-corrected chi connectivity index (χ0v) is 15.9. The van der Waals surface area contributed by atoms with Gasteiger partial charge in [0.25, 0.3) is 0 Å². The molecule has 3 aromatic rings. The molecule has 0 unspecified atom stereocenters. The number of benzene rings is 2. The maximum atomic E-state index is 13.3. The number of thiazole rings is 1. The summed E-state index contributed by atoms with van der Waals surface area (Å²) in [6.07, 6.45) is -5.67. The van der Waals surface area contributed by atoms with Crippen molar-refractivity contribution in [3.05, 3.63) is 70.9 Å². The Morgan fingerprint density at radius 2 is 1.76 bits per heavy atom. The second-order valence-electron chi connectivity index (χ2n) is 6.18. The number of anilines is 1. The Kier molecular flexibility index (Phi) is 6.07. The molecule has 0 spiro atoms. The van der Waals surface area contributed by atoms with Gasteiger partial charge in [0.2, 0.25) is 5.13 Å². The first kappa shape index (κ1) is 20.7. The molecule has 0 saturated carbocycles. The Morgan fingerprint density at radius 1 is 1.10 bits per heavy atom. The summed E-state index contributed by atoms with van der Waals surface area (Å²) in [6, 6.07) is 11.8. The summed E-state index contributed by atoms with van der Waals surface area (Å²) >= 11 is 1.04. The first-order chi connectivity index (χ1) is 13.7. The van der Waals surface area contributed by atoms with Crippen LogP contribution in [0.25, 0.3) is 11.3 Å². The second-order valence-corrected chi connectivity index (χ2v) is 7.04. The number of nitrogens with one attached hydrogen (secondary N) is 1. The molecular formula is C20H15F4N3OS. The van der Waals surface area contributed by atoms with Crippen LogP contribution < -0.4 is 5.43 Å². The number of carbonyl (C=O) groups excluding carboxylic acids is 1. The zero-order valence-electron chi connectivity index (χ0n) is 15.1. The fourth-order valence-electron chi connectivity index (χ4n) is 2.39. The summed E-state index contributed by atoms with van der Waals surface area (Å²) in [7, 11) is 0. The fourth-order valence-corrected chi connectivity index (χ4v) is 3.05. The molecule has 0 bridgehead atoms. The number of alkyl halides is 3. The number of carbonyl (C=O) groups is 1. The quantitative estimate of drug-likeness (QED) is 0.235. The number of halogens is 4. The minimum absolute atomic E-state index is 0.119. The van der Waals surface area contributed by atoms with Crippen LogP contribution >= 0.6 is 11.3 Å². The number of hydrogen-bond donors (Lipinski definition) is 1. The van der Waals surface area contributed by atoms with E-state index in [1.807, 2.05) is 6.92 Å². The van der Waals surface area contributed by atoms with Gasteiger partial charge >= 0.3 is 6.18 Å². The summed E-state index contributed by atoms with van der Waals surface area (Å²) in [4.78, 5) is 16.3. The van der Waals surface area contributed by atoms with Crippen LogP contribution in [0, 0.1) is 12.7 Å². The molecule has 1 N–H and O–H groups in total. The molecule has 1 heterocycles. The van der Waals surface area contributed by atoms with E-state index in [0.717, 1.165) is 16.9 Å². The van der Waals surface area contributed by atoms with Crippen LogP contribution in [-0.4, -0.2) is 22.7 Å². The third kappa shape index (κ3) is 5.47. The second kappa shape index (κ2) is 8.52. The van der Waals surface area contributed by atoms with Crippen molar-refractivity contribution in [3.8, 4) is 11.3 Å². The van der Waals surface area contributed by atoms with Crippen LogP contribution in [0.15, 0.2) is 59.0 Å². The van der Waals surface area contributed by atoms with Crippen LogP contribution in [0.2, 0.25) is 0 Å². The molecule has 0 atom stereocenters. The normalized spacial score (nSPS) is 12.1. The maximum Gasteiger partial charge on any atom is 0.431 e. The van der Waals surface area contributed by atoms with Gasteiger partial charge in [0, 0.05) is 16.5 Å². The van der Waals surface area contributed by atoms with Crippen molar-refractivity contribution in [2.45, 2.75) is 19.5 Å². The molecule has 0 aliphatic heterocycles.